The van der Waals surface area contributed by atoms with Crippen molar-refractivity contribution in [2.24, 2.45) is 5.11 Å². The first kappa shape index (κ1) is 27.1. The molecule has 1 heterocycles. The summed E-state index contributed by atoms with van der Waals surface area (Å²) in [5, 5.41) is 7.93. The first-order chi connectivity index (χ1) is 19.4. The lowest BCUT2D eigenvalue weighted by Gasteiger charge is -2.34. The number of hydrogen-bond donors (Lipinski definition) is 0. The zero-order chi connectivity index (χ0) is 28.1. The van der Waals surface area contributed by atoms with Gasteiger partial charge in [0, 0.05) is 29.3 Å². The SMILES string of the molecule is CC(C)Oc1ccc(C(=O)N(C2CC2)C2CCc3nn(C(=O)OCc4ccccc4)cc3C2)c(OCN=[N+]=[N-])c1. The van der Waals surface area contributed by atoms with E-state index in [1.165, 1.54) is 4.68 Å². The van der Waals surface area contributed by atoms with Gasteiger partial charge in [0.2, 0.25) is 0 Å². The van der Waals surface area contributed by atoms with E-state index < -0.39 is 6.09 Å². The van der Waals surface area contributed by atoms with E-state index in [9.17, 15) is 9.59 Å². The largest absolute Gasteiger partial charge is 0.491 e. The second kappa shape index (κ2) is 12.1. The molecule has 3 aromatic rings. The third kappa shape index (κ3) is 6.38. The van der Waals surface area contributed by atoms with Crippen LogP contribution >= 0.6 is 0 Å². The fraction of sp³-hybridized carbons (Fsp3) is 0.414. The molecule has 1 atom stereocenters. The minimum atomic E-state index is -0.532. The third-order valence-corrected chi connectivity index (χ3v) is 6.90. The van der Waals surface area contributed by atoms with Gasteiger partial charge in [-0.25, -0.2) is 4.79 Å². The van der Waals surface area contributed by atoms with Gasteiger partial charge in [-0.1, -0.05) is 35.4 Å². The number of rotatable bonds is 10. The number of nitrogens with zero attached hydrogens (tertiary/aromatic N) is 6. The van der Waals surface area contributed by atoms with Crippen LogP contribution in [0.5, 0.6) is 11.5 Å². The van der Waals surface area contributed by atoms with Crippen molar-refractivity contribution in [2.45, 2.75) is 70.7 Å². The molecule has 2 aliphatic rings. The standard InChI is InChI=1S/C29H32N6O5/c1-19(2)40-24-11-12-25(27(15-24)39-18-31-33-30)28(36)35(22-8-9-22)23-10-13-26-21(14-23)16-34(32-26)29(37)38-17-20-6-4-3-5-7-20/h3-7,11-12,15-16,19,22-23H,8-10,13-14,17-18H2,1-2H3. The molecule has 0 spiro atoms. The number of amides is 1. The predicted octanol–water partition coefficient (Wildman–Crippen LogP) is 5.66. The van der Waals surface area contributed by atoms with Crippen LogP contribution in [0.4, 0.5) is 4.79 Å². The highest BCUT2D eigenvalue weighted by Gasteiger charge is 2.40. The normalized spacial score (nSPS) is 16.0. The predicted molar refractivity (Wildman–Crippen MR) is 146 cm³/mol. The number of ether oxygens (including phenoxy) is 3. The molecule has 208 valence electrons. The summed E-state index contributed by atoms with van der Waals surface area (Å²) in [6.07, 6.45) is 4.97. The van der Waals surface area contributed by atoms with Gasteiger partial charge in [0.25, 0.3) is 5.91 Å². The number of carbonyl (C=O) groups excluding carboxylic acids is 2. The first-order valence-electron chi connectivity index (χ1n) is 13.5. The van der Waals surface area contributed by atoms with Gasteiger partial charge in [0.05, 0.1) is 17.4 Å². The lowest BCUT2D eigenvalue weighted by molar-refractivity contribution is 0.0638. The Morgan fingerprint density at radius 2 is 1.95 bits per heavy atom. The van der Waals surface area contributed by atoms with E-state index in [-0.39, 0.29) is 37.4 Å². The second-order valence-electron chi connectivity index (χ2n) is 10.3. The number of carbonyl (C=O) groups is 2. The van der Waals surface area contributed by atoms with Gasteiger partial charge in [0.1, 0.15) is 18.1 Å². The highest BCUT2D eigenvalue weighted by molar-refractivity contribution is 5.97. The van der Waals surface area contributed by atoms with Crippen LogP contribution in [-0.4, -0.2) is 51.6 Å². The van der Waals surface area contributed by atoms with Gasteiger partial charge < -0.3 is 19.1 Å². The van der Waals surface area contributed by atoms with Crippen molar-refractivity contribution in [1.29, 1.82) is 0 Å². The van der Waals surface area contributed by atoms with Crippen LogP contribution < -0.4 is 9.47 Å². The monoisotopic (exact) mass is 544 g/mol. The molecule has 1 unspecified atom stereocenters. The minimum absolute atomic E-state index is 0.0533. The van der Waals surface area contributed by atoms with Crippen LogP contribution in [0.3, 0.4) is 0 Å². The van der Waals surface area contributed by atoms with Crippen molar-refractivity contribution in [3.63, 3.8) is 0 Å². The van der Waals surface area contributed by atoms with Crippen molar-refractivity contribution in [3.8, 4) is 11.5 Å². The minimum Gasteiger partial charge on any atom is -0.491 e. The lowest BCUT2D eigenvalue weighted by atomic mass is 9.91. The van der Waals surface area contributed by atoms with E-state index >= 15 is 0 Å². The van der Waals surface area contributed by atoms with Crippen molar-refractivity contribution in [3.05, 3.63) is 87.6 Å². The Kier molecular flexibility index (Phi) is 8.21. The van der Waals surface area contributed by atoms with E-state index in [0.717, 1.165) is 36.1 Å². The zero-order valence-electron chi connectivity index (χ0n) is 22.6. The molecule has 0 radical (unpaired) electrons. The molecule has 11 nitrogen and oxygen atoms in total. The van der Waals surface area contributed by atoms with Gasteiger partial charge in [-0.3, -0.25) is 4.79 Å². The number of azide groups is 1. The topological polar surface area (TPSA) is 132 Å². The van der Waals surface area contributed by atoms with Crippen LogP contribution in [0.2, 0.25) is 0 Å². The molecule has 1 aromatic heterocycles. The molecule has 0 saturated heterocycles. The van der Waals surface area contributed by atoms with E-state index in [1.807, 2.05) is 49.1 Å². The van der Waals surface area contributed by atoms with Gasteiger partial charge in [-0.05, 0) is 74.7 Å². The van der Waals surface area contributed by atoms with Crippen LogP contribution in [0.1, 0.15) is 60.3 Å². The summed E-state index contributed by atoms with van der Waals surface area (Å²) in [4.78, 5) is 31.3. The summed E-state index contributed by atoms with van der Waals surface area (Å²) >= 11 is 0. The molecule has 5 rings (SSSR count). The number of benzene rings is 2. The number of hydrogen-bond acceptors (Lipinski definition) is 7. The number of fused-ring (bicyclic) bond motifs is 1. The smallest absolute Gasteiger partial charge is 0.435 e. The van der Waals surface area contributed by atoms with Crippen LogP contribution in [0, 0.1) is 0 Å². The molecular weight excluding hydrogens is 512 g/mol. The van der Waals surface area contributed by atoms with Crippen LogP contribution in [0.15, 0.2) is 59.8 Å². The molecule has 0 N–H and O–H groups in total. The Bertz CT molecular complexity index is 1410. The van der Waals surface area contributed by atoms with Gasteiger partial charge in [-0.2, -0.15) is 9.78 Å². The highest BCUT2D eigenvalue weighted by atomic mass is 16.6. The Morgan fingerprint density at radius 1 is 1.15 bits per heavy atom. The Morgan fingerprint density at radius 3 is 2.67 bits per heavy atom. The summed E-state index contributed by atoms with van der Waals surface area (Å²) in [5.74, 6) is 0.735. The Labute approximate surface area is 232 Å². The fourth-order valence-corrected chi connectivity index (χ4v) is 4.99. The summed E-state index contributed by atoms with van der Waals surface area (Å²) in [7, 11) is 0. The molecular formula is C29H32N6O5. The van der Waals surface area contributed by atoms with E-state index in [1.54, 1.807) is 24.4 Å². The summed E-state index contributed by atoms with van der Waals surface area (Å²) < 4.78 is 18.2. The first-order valence-corrected chi connectivity index (χ1v) is 13.5. The summed E-state index contributed by atoms with van der Waals surface area (Å²) in [5.41, 5.74) is 11.8. The average molecular weight is 545 g/mol. The maximum atomic E-state index is 14.0. The van der Waals surface area contributed by atoms with E-state index in [4.69, 9.17) is 19.7 Å². The highest BCUT2D eigenvalue weighted by Crippen LogP contribution is 2.37. The molecule has 11 heteroatoms. The summed E-state index contributed by atoms with van der Waals surface area (Å²) in [6, 6.07) is 14.7. The van der Waals surface area contributed by atoms with Crippen molar-refractivity contribution >= 4 is 12.0 Å². The zero-order valence-corrected chi connectivity index (χ0v) is 22.6. The van der Waals surface area contributed by atoms with Gasteiger partial charge in [0.15, 0.2) is 6.73 Å². The molecule has 2 aliphatic carbocycles. The Hall–Kier alpha value is -4.50. The van der Waals surface area contributed by atoms with E-state index in [0.29, 0.717) is 29.9 Å². The average Bonchev–Trinajstić information content (AvgIpc) is 3.69. The number of aromatic nitrogens is 2. The quantitative estimate of drug-likeness (QED) is 0.184. The van der Waals surface area contributed by atoms with Crippen LogP contribution in [-0.2, 0) is 24.2 Å². The molecule has 1 saturated carbocycles. The van der Waals surface area contributed by atoms with Crippen molar-refractivity contribution in [1.82, 2.24) is 14.7 Å². The molecule has 40 heavy (non-hydrogen) atoms. The fourth-order valence-electron chi connectivity index (χ4n) is 4.99. The van der Waals surface area contributed by atoms with Crippen molar-refractivity contribution < 1.29 is 23.8 Å². The third-order valence-electron chi connectivity index (χ3n) is 6.90. The van der Waals surface area contributed by atoms with E-state index in [2.05, 4.69) is 15.1 Å². The molecule has 1 amide bonds. The van der Waals surface area contributed by atoms with Crippen LogP contribution in [0.25, 0.3) is 10.4 Å². The molecule has 0 bridgehead atoms. The van der Waals surface area contributed by atoms with Gasteiger partial charge >= 0.3 is 6.09 Å². The van der Waals surface area contributed by atoms with Crippen molar-refractivity contribution in [2.75, 3.05) is 6.73 Å². The molecule has 1 fully saturated rings. The number of aryl methyl sites for hydroxylation is 1. The Balaban J connectivity index is 1.32. The van der Waals surface area contributed by atoms with Gasteiger partial charge in [-0.15, -0.1) is 0 Å². The molecule has 0 aliphatic heterocycles. The summed E-state index contributed by atoms with van der Waals surface area (Å²) in [6.45, 7) is 3.76. The maximum absolute atomic E-state index is 14.0. The molecule has 2 aromatic carbocycles. The second-order valence-corrected chi connectivity index (χ2v) is 10.3. The maximum Gasteiger partial charge on any atom is 0.435 e. The lowest BCUT2D eigenvalue weighted by Crippen LogP contribution is -2.45.